The minimum atomic E-state index is 0.552. The van der Waals surface area contributed by atoms with Crippen molar-refractivity contribution in [3.8, 4) is 0 Å². The largest absolute Gasteiger partial charge is 0.380 e. The van der Waals surface area contributed by atoms with Gasteiger partial charge in [-0.15, -0.1) is 0 Å². The van der Waals surface area contributed by atoms with Gasteiger partial charge < -0.3 is 10.1 Å². The van der Waals surface area contributed by atoms with Gasteiger partial charge in [-0.2, -0.15) is 0 Å². The first-order valence-corrected chi connectivity index (χ1v) is 7.11. The predicted octanol–water partition coefficient (Wildman–Crippen LogP) is 3.61. The molecule has 0 radical (unpaired) electrons. The molecule has 0 saturated carbocycles. The highest BCUT2D eigenvalue weighted by Gasteiger charge is 2.18. The second kappa shape index (κ2) is 11.4. The van der Waals surface area contributed by atoms with Crippen molar-refractivity contribution >= 4 is 0 Å². The maximum Gasteiger partial charge on any atom is 0.0622 e. The standard InChI is InChI=1S/C14H31NO/c1-5-9-10-13(7-3)14(12-16-8-4)15-11-6-2/h13-15H,5-12H2,1-4H3. The molecule has 1 N–H and O–H groups in total. The van der Waals surface area contributed by atoms with Crippen LogP contribution in [-0.2, 0) is 4.74 Å². The molecule has 0 aliphatic rings. The lowest BCUT2D eigenvalue weighted by molar-refractivity contribution is 0.0988. The maximum absolute atomic E-state index is 5.59. The van der Waals surface area contributed by atoms with Gasteiger partial charge in [0.25, 0.3) is 0 Å². The zero-order valence-electron chi connectivity index (χ0n) is 11.7. The smallest absolute Gasteiger partial charge is 0.0622 e. The monoisotopic (exact) mass is 229 g/mol. The summed E-state index contributed by atoms with van der Waals surface area (Å²) >= 11 is 0. The van der Waals surface area contributed by atoms with Gasteiger partial charge in [-0.25, -0.2) is 0 Å². The molecule has 2 heteroatoms. The van der Waals surface area contributed by atoms with E-state index in [4.69, 9.17) is 4.74 Å². The van der Waals surface area contributed by atoms with Crippen LogP contribution in [0.25, 0.3) is 0 Å². The lowest BCUT2D eigenvalue weighted by atomic mass is 9.91. The Morgan fingerprint density at radius 3 is 2.31 bits per heavy atom. The Labute approximate surface area is 102 Å². The molecule has 0 aliphatic heterocycles. The number of rotatable bonds is 11. The Morgan fingerprint density at radius 1 is 1.06 bits per heavy atom. The molecule has 0 aromatic carbocycles. The van der Waals surface area contributed by atoms with Crippen LogP contribution in [0, 0.1) is 5.92 Å². The fourth-order valence-electron chi connectivity index (χ4n) is 2.09. The van der Waals surface area contributed by atoms with Crippen molar-refractivity contribution in [1.29, 1.82) is 0 Å². The van der Waals surface area contributed by atoms with Gasteiger partial charge in [0.2, 0.25) is 0 Å². The SMILES string of the molecule is CCCCC(CC)C(COCC)NCCC. The zero-order valence-corrected chi connectivity index (χ0v) is 11.7. The van der Waals surface area contributed by atoms with Gasteiger partial charge in [0.05, 0.1) is 6.61 Å². The van der Waals surface area contributed by atoms with E-state index in [1.807, 2.05) is 0 Å². The second-order valence-corrected chi connectivity index (χ2v) is 4.53. The van der Waals surface area contributed by atoms with Crippen LogP contribution in [0.15, 0.2) is 0 Å². The van der Waals surface area contributed by atoms with E-state index < -0.39 is 0 Å². The van der Waals surface area contributed by atoms with Crippen molar-refractivity contribution in [1.82, 2.24) is 5.32 Å². The molecule has 0 fully saturated rings. The van der Waals surface area contributed by atoms with E-state index in [0.29, 0.717) is 6.04 Å². The molecule has 2 unspecified atom stereocenters. The van der Waals surface area contributed by atoms with Gasteiger partial charge >= 0.3 is 0 Å². The van der Waals surface area contributed by atoms with Gasteiger partial charge in [-0.1, -0.05) is 40.0 Å². The molecule has 0 aromatic heterocycles. The zero-order chi connectivity index (χ0) is 12.2. The van der Waals surface area contributed by atoms with E-state index in [1.165, 1.54) is 32.1 Å². The number of hydrogen-bond acceptors (Lipinski definition) is 2. The van der Waals surface area contributed by atoms with Crippen molar-refractivity contribution < 1.29 is 4.74 Å². The third kappa shape index (κ3) is 7.24. The highest BCUT2D eigenvalue weighted by atomic mass is 16.5. The van der Waals surface area contributed by atoms with Crippen LogP contribution in [0.1, 0.15) is 59.8 Å². The number of unbranched alkanes of at least 4 members (excludes halogenated alkanes) is 1. The molecule has 98 valence electrons. The Hall–Kier alpha value is -0.0800. The Kier molecular flexibility index (Phi) is 11.3. The number of nitrogens with one attached hydrogen (secondary N) is 1. The third-order valence-corrected chi connectivity index (χ3v) is 3.18. The molecule has 0 amide bonds. The Bertz CT molecular complexity index is 131. The lowest BCUT2D eigenvalue weighted by Gasteiger charge is -2.27. The van der Waals surface area contributed by atoms with Crippen molar-refractivity contribution in [2.45, 2.75) is 65.8 Å². The van der Waals surface area contributed by atoms with Crippen LogP contribution in [0.4, 0.5) is 0 Å². The molecule has 0 spiro atoms. The van der Waals surface area contributed by atoms with Crippen molar-refractivity contribution in [3.63, 3.8) is 0 Å². The molecular weight excluding hydrogens is 198 g/mol. The lowest BCUT2D eigenvalue weighted by Crippen LogP contribution is -2.40. The van der Waals surface area contributed by atoms with E-state index in [-0.39, 0.29) is 0 Å². The van der Waals surface area contributed by atoms with Crippen LogP contribution in [-0.4, -0.2) is 25.8 Å². The van der Waals surface area contributed by atoms with Crippen molar-refractivity contribution in [3.05, 3.63) is 0 Å². The van der Waals surface area contributed by atoms with Gasteiger partial charge in [0.1, 0.15) is 0 Å². The molecule has 0 aliphatic carbocycles. The first-order valence-electron chi connectivity index (χ1n) is 7.11. The summed E-state index contributed by atoms with van der Waals surface area (Å²) in [7, 11) is 0. The molecule has 0 bridgehead atoms. The minimum absolute atomic E-state index is 0.552. The van der Waals surface area contributed by atoms with Gasteiger partial charge in [0, 0.05) is 12.6 Å². The summed E-state index contributed by atoms with van der Waals surface area (Å²) in [6.45, 7) is 11.7. The molecule has 2 atom stereocenters. The molecule has 0 rings (SSSR count). The first-order chi connectivity index (χ1) is 7.79. The maximum atomic E-state index is 5.59. The summed E-state index contributed by atoms with van der Waals surface area (Å²) < 4.78 is 5.59. The summed E-state index contributed by atoms with van der Waals surface area (Å²) in [6.07, 6.45) is 6.43. The van der Waals surface area contributed by atoms with E-state index in [1.54, 1.807) is 0 Å². The molecule has 0 heterocycles. The van der Waals surface area contributed by atoms with Crippen LogP contribution in [0.3, 0.4) is 0 Å². The molecule has 16 heavy (non-hydrogen) atoms. The summed E-state index contributed by atoms with van der Waals surface area (Å²) in [5.74, 6) is 0.776. The number of hydrogen-bond donors (Lipinski definition) is 1. The average Bonchev–Trinajstić information content (AvgIpc) is 2.32. The van der Waals surface area contributed by atoms with Gasteiger partial charge in [0.15, 0.2) is 0 Å². The molecule has 0 aromatic rings. The van der Waals surface area contributed by atoms with E-state index in [0.717, 1.165) is 25.7 Å². The topological polar surface area (TPSA) is 21.3 Å². The first kappa shape index (κ1) is 15.9. The van der Waals surface area contributed by atoms with Crippen LogP contribution >= 0.6 is 0 Å². The summed E-state index contributed by atoms with van der Waals surface area (Å²) in [5, 5.41) is 3.64. The Morgan fingerprint density at radius 2 is 1.81 bits per heavy atom. The third-order valence-electron chi connectivity index (χ3n) is 3.18. The fraction of sp³-hybridized carbons (Fsp3) is 1.00. The highest BCUT2D eigenvalue weighted by molar-refractivity contribution is 4.75. The second-order valence-electron chi connectivity index (χ2n) is 4.53. The van der Waals surface area contributed by atoms with E-state index in [9.17, 15) is 0 Å². The average molecular weight is 229 g/mol. The van der Waals surface area contributed by atoms with Crippen molar-refractivity contribution in [2.24, 2.45) is 5.92 Å². The number of ether oxygens (including phenoxy) is 1. The highest BCUT2D eigenvalue weighted by Crippen LogP contribution is 2.17. The van der Waals surface area contributed by atoms with Crippen molar-refractivity contribution in [2.75, 3.05) is 19.8 Å². The summed E-state index contributed by atoms with van der Waals surface area (Å²) in [4.78, 5) is 0. The summed E-state index contributed by atoms with van der Waals surface area (Å²) in [5.41, 5.74) is 0. The van der Waals surface area contributed by atoms with Crippen LogP contribution in [0.5, 0.6) is 0 Å². The normalized spacial score (nSPS) is 15.0. The van der Waals surface area contributed by atoms with Crippen LogP contribution in [0.2, 0.25) is 0 Å². The predicted molar refractivity (Wildman–Crippen MR) is 71.9 cm³/mol. The summed E-state index contributed by atoms with van der Waals surface area (Å²) in [6, 6.07) is 0.552. The molecular formula is C14H31NO. The van der Waals surface area contributed by atoms with Gasteiger partial charge in [-0.3, -0.25) is 0 Å². The van der Waals surface area contributed by atoms with E-state index >= 15 is 0 Å². The molecule has 2 nitrogen and oxygen atoms in total. The minimum Gasteiger partial charge on any atom is -0.380 e. The Balaban J connectivity index is 4.06. The molecule has 0 saturated heterocycles. The van der Waals surface area contributed by atoms with Gasteiger partial charge in [-0.05, 0) is 32.2 Å². The quantitative estimate of drug-likeness (QED) is 0.584. The van der Waals surface area contributed by atoms with Crippen LogP contribution < -0.4 is 5.32 Å². The van der Waals surface area contributed by atoms with E-state index in [2.05, 4.69) is 33.0 Å². The fourth-order valence-corrected chi connectivity index (χ4v) is 2.09.